The average molecular weight is 426 g/mol. The molecule has 0 aliphatic carbocycles. The van der Waals surface area contributed by atoms with Gasteiger partial charge in [0.2, 0.25) is 0 Å². The molecule has 1 unspecified atom stereocenters. The maximum absolute atomic E-state index is 13.5. The van der Waals surface area contributed by atoms with Gasteiger partial charge in [-0.2, -0.15) is 0 Å². The number of carbonyl (C=O) groups excluding carboxylic acids is 1. The maximum Gasteiger partial charge on any atom is 0.251 e. The Balaban J connectivity index is 1.73. The number of nitrogens with zero attached hydrogens (tertiary/aromatic N) is 4. The lowest BCUT2D eigenvalue weighted by molar-refractivity contribution is 0.0935. The van der Waals surface area contributed by atoms with Crippen molar-refractivity contribution in [1.82, 2.24) is 25.5 Å². The van der Waals surface area contributed by atoms with Crippen LogP contribution in [-0.2, 0) is 0 Å². The molecule has 0 saturated heterocycles. The van der Waals surface area contributed by atoms with Gasteiger partial charge in [0.25, 0.3) is 5.91 Å². The van der Waals surface area contributed by atoms with Gasteiger partial charge in [-0.05, 0) is 78.4 Å². The van der Waals surface area contributed by atoms with E-state index in [1.165, 1.54) is 23.1 Å². The SMILES string of the molecule is Cc1ccc(C(C)NC(=O)c2cc(-c3ccc(F)cc3Cl)cc(-n3cnnn3)c2)o1. The fourth-order valence-electron chi connectivity index (χ4n) is 3.07. The summed E-state index contributed by atoms with van der Waals surface area (Å²) in [5.74, 6) is 0.658. The molecule has 0 bridgehead atoms. The Bertz CT molecular complexity index is 1210. The first-order chi connectivity index (χ1) is 14.4. The second-order valence-electron chi connectivity index (χ2n) is 6.79. The summed E-state index contributed by atoms with van der Waals surface area (Å²) in [4.78, 5) is 13.0. The molecule has 4 rings (SSSR count). The van der Waals surface area contributed by atoms with E-state index in [0.717, 1.165) is 5.76 Å². The molecule has 7 nitrogen and oxygen atoms in total. The van der Waals surface area contributed by atoms with Crippen LogP contribution in [-0.4, -0.2) is 26.1 Å². The normalized spacial score (nSPS) is 12.0. The van der Waals surface area contributed by atoms with E-state index in [0.29, 0.717) is 28.1 Å². The number of rotatable bonds is 5. The number of tetrazole rings is 1. The Labute approximate surface area is 176 Å². The quantitative estimate of drug-likeness (QED) is 0.508. The molecule has 0 aliphatic rings. The zero-order valence-electron chi connectivity index (χ0n) is 16.1. The second kappa shape index (κ2) is 8.08. The van der Waals surface area contributed by atoms with E-state index < -0.39 is 5.82 Å². The summed E-state index contributed by atoms with van der Waals surface area (Å²) >= 11 is 6.24. The lowest BCUT2D eigenvalue weighted by Gasteiger charge is -2.14. The third-order valence-corrected chi connectivity index (χ3v) is 4.88. The molecule has 9 heteroatoms. The first-order valence-electron chi connectivity index (χ1n) is 9.12. The standard InChI is InChI=1S/C21H17ClFN5O2/c1-12-3-6-20(30-12)13(2)25-21(29)15-7-14(18-5-4-16(23)10-19(18)22)8-17(9-15)28-11-24-26-27-28/h3-11,13H,1-2H3,(H,25,29). The number of furan rings is 1. The number of benzene rings is 2. The molecule has 0 fully saturated rings. The molecule has 0 spiro atoms. The monoisotopic (exact) mass is 425 g/mol. The van der Waals surface area contributed by atoms with Crippen molar-refractivity contribution in [2.45, 2.75) is 19.9 Å². The molecule has 1 amide bonds. The van der Waals surface area contributed by atoms with Crippen LogP contribution in [0.4, 0.5) is 4.39 Å². The van der Waals surface area contributed by atoms with Crippen LogP contribution in [0.2, 0.25) is 5.02 Å². The van der Waals surface area contributed by atoms with Crippen molar-refractivity contribution in [2.24, 2.45) is 0 Å². The topological polar surface area (TPSA) is 85.8 Å². The number of carbonyl (C=O) groups is 1. The van der Waals surface area contributed by atoms with Gasteiger partial charge in [-0.3, -0.25) is 4.79 Å². The average Bonchev–Trinajstić information content (AvgIpc) is 3.39. The molecule has 0 aliphatic heterocycles. The molecule has 1 atom stereocenters. The lowest BCUT2D eigenvalue weighted by Crippen LogP contribution is -2.26. The summed E-state index contributed by atoms with van der Waals surface area (Å²) in [6.07, 6.45) is 1.42. The Morgan fingerprint density at radius 3 is 2.70 bits per heavy atom. The molecule has 0 saturated carbocycles. The van der Waals surface area contributed by atoms with Crippen molar-refractivity contribution >= 4 is 17.5 Å². The van der Waals surface area contributed by atoms with E-state index in [2.05, 4.69) is 20.8 Å². The number of nitrogens with one attached hydrogen (secondary N) is 1. The van der Waals surface area contributed by atoms with Crippen LogP contribution >= 0.6 is 11.6 Å². The van der Waals surface area contributed by atoms with Crippen LogP contribution in [0.5, 0.6) is 0 Å². The first kappa shape index (κ1) is 19.8. The van der Waals surface area contributed by atoms with Gasteiger partial charge in [0.15, 0.2) is 0 Å². The lowest BCUT2D eigenvalue weighted by atomic mass is 10.0. The minimum Gasteiger partial charge on any atom is -0.464 e. The smallest absolute Gasteiger partial charge is 0.251 e. The van der Waals surface area contributed by atoms with Crippen molar-refractivity contribution in [2.75, 3.05) is 0 Å². The Kier molecular flexibility index (Phi) is 5.33. The van der Waals surface area contributed by atoms with Gasteiger partial charge >= 0.3 is 0 Å². The van der Waals surface area contributed by atoms with Crippen LogP contribution < -0.4 is 5.32 Å². The van der Waals surface area contributed by atoms with Gasteiger partial charge in [-0.15, -0.1) is 5.10 Å². The van der Waals surface area contributed by atoms with Gasteiger partial charge in [-0.1, -0.05) is 11.6 Å². The second-order valence-corrected chi connectivity index (χ2v) is 7.20. The van der Waals surface area contributed by atoms with Gasteiger partial charge < -0.3 is 9.73 Å². The number of hydrogen-bond donors (Lipinski definition) is 1. The number of halogens is 2. The molecule has 1 N–H and O–H groups in total. The van der Waals surface area contributed by atoms with Crippen molar-refractivity contribution in [3.63, 3.8) is 0 Å². The van der Waals surface area contributed by atoms with Gasteiger partial charge in [0.05, 0.1) is 16.8 Å². The van der Waals surface area contributed by atoms with Crippen LogP contribution in [0.1, 0.15) is 34.8 Å². The summed E-state index contributed by atoms with van der Waals surface area (Å²) in [6, 6.07) is 12.5. The zero-order chi connectivity index (χ0) is 21.3. The fraction of sp³-hybridized carbons (Fsp3) is 0.143. The van der Waals surface area contributed by atoms with E-state index in [1.807, 2.05) is 26.0 Å². The molecule has 2 aromatic carbocycles. The van der Waals surface area contributed by atoms with Crippen LogP contribution in [0.25, 0.3) is 16.8 Å². The van der Waals surface area contributed by atoms with Gasteiger partial charge in [0.1, 0.15) is 23.7 Å². The molecular formula is C21H17ClFN5O2. The minimum atomic E-state index is -0.444. The summed E-state index contributed by atoms with van der Waals surface area (Å²) in [5.41, 5.74) is 2.13. The maximum atomic E-state index is 13.5. The summed E-state index contributed by atoms with van der Waals surface area (Å²) in [5, 5.41) is 14.3. The van der Waals surface area contributed by atoms with E-state index >= 15 is 0 Å². The number of aryl methyl sites for hydroxylation is 1. The highest BCUT2D eigenvalue weighted by molar-refractivity contribution is 6.33. The van der Waals surface area contributed by atoms with E-state index in [-0.39, 0.29) is 17.0 Å². The minimum absolute atomic E-state index is 0.231. The summed E-state index contributed by atoms with van der Waals surface area (Å²) < 4.78 is 20.5. The Morgan fingerprint density at radius 2 is 2.03 bits per heavy atom. The van der Waals surface area contributed by atoms with Gasteiger partial charge in [-0.25, -0.2) is 9.07 Å². The number of hydrogen-bond acceptors (Lipinski definition) is 5. The summed E-state index contributed by atoms with van der Waals surface area (Å²) in [6.45, 7) is 3.67. The highest BCUT2D eigenvalue weighted by Gasteiger charge is 2.17. The first-order valence-corrected chi connectivity index (χ1v) is 9.49. The van der Waals surface area contributed by atoms with Crippen molar-refractivity contribution in [3.05, 3.63) is 82.8 Å². The Hall–Kier alpha value is -3.52. The molecule has 2 heterocycles. The van der Waals surface area contributed by atoms with E-state index in [1.54, 1.807) is 24.3 Å². The Morgan fingerprint density at radius 1 is 1.20 bits per heavy atom. The van der Waals surface area contributed by atoms with Crippen LogP contribution in [0.15, 0.2) is 59.3 Å². The van der Waals surface area contributed by atoms with Crippen molar-refractivity contribution in [1.29, 1.82) is 0 Å². The third kappa shape index (κ3) is 4.08. The van der Waals surface area contributed by atoms with Crippen molar-refractivity contribution in [3.8, 4) is 16.8 Å². The predicted molar refractivity (Wildman–Crippen MR) is 109 cm³/mol. The highest BCUT2D eigenvalue weighted by Crippen LogP contribution is 2.31. The summed E-state index contributed by atoms with van der Waals surface area (Å²) in [7, 11) is 0. The number of amides is 1. The predicted octanol–water partition coefficient (Wildman–Crippen LogP) is 4.51. The van der Waals surface area contributed by atoms with E-state index in [9.17, 15) is 9.18 Å². The van der Waals surface area contributed by atoms with Crippen LogP contribution in [0.3, 0.4) is 0 Å². The number of aromatic nitrogens is 4. The fourth-order valence-corrected chi connectivity index (χ4v) is 3.35. The largest absolute Gasteiger partial charge is 0.464 e. The highest BCUT2D eigenvalue weighted by atomic mass is 35.5. The molecule has 152 valence electrons. The third-order valence-electron chi connectivity index (χ3n) is 4.57. The van der Waals surface area contributed by atoms with Crippen LogP contribution in [0, 0.1) is 12.7 Å². The van der Waals surface area contributed by atoms with Crippen molar-refractivity contribution < 1.29 is 13.6 Å². The molecular weight excluding hydrogens is 409 g/mol. The molecule has 0 radical (unpaired) electrons. The van der Waals surface area contributed by atoms with E-state index in [4.69, 9.17) is 16.0 Å². The molecule has 30 heavy (non-hydrogen) atoms. The van der Waals surface area contributed by atoms with Gasteiger partial charge in [0, 0.05) is 11.1 Å². The molecule has 2 aromatic heterocycles. The molecule has 4 aromatic rings. The zero-order valence-corrected chi connectivity index (χ0v) is 16.9.